The molecule has 4 aliphatic rings. The Balaban J connectivity index is 1.44. The predicted octanol–water partition coefficient (Wildman–Crippen LogP) is 2.86. The van der Waals surface area contributed by atoms with Crippen molar-refractivity contribution in [2.45, 2.75) is 69.5 Å². The Hall–Kier alpha value is -0.220. The summed E-state index contributed by atoms with van der Waals surface area (Å²) in [6, 6.07) is 1.33. The van der Waals surface area contributed by atoms with Crippen molar-refractivity contribution >= 4 is 16.9 Å². The van der Waals surface area contributed by atoms with Crippen LogP contribution in [0.1, 0.15) is 51.9 Å². The molecule has 112 valence electrons. The van der Waals surface area contributed by atoms with E-state index in [0.29, 0.717) is 11.6 Å². The van der Waals surface area contributed by atoms with Crippen molar-refractivity contribution in [3.05, 3.63) is 0 Å². The molecule has 0 aromatic carbocycles. The van der Waals surface area contributed by atoms with E-state index in [4.69, 9.17) is 4.99 Å². The summed E-state index contributed by atoms with van der Waals surface area (Å²) >= 11 is 1.99. The number of hydrogen-bond acceptors (Lipinski definition) is 3. The molecular formula is C16H27N3S. The van der Waals surface area contributed by atoms with Gasteiger partial charge in [0.1, 0.15) is 0 Å². The van der Waals surface area contributed by atoms with Crippen molar-refractivity contribution in [2.75, 3.05) is 18.8 Å². The molecule has 0 aromatic heterocycles. The molecule has 1 saturated carbocycles. The molecule has 4 rings (SSSR count). The lowest BCUT2D eigenvalue weighted by molar-refractivity contribution is 0.242. The number of hydrogen-bond donors (Lipinski definition) is 1. The van der Waals surface area contributed by atoms with Crippen LogP contribution in [0.2, 0.25) is 0 Å². The lowest BCUT2D eigenvalue weighted by Crippen LogP contribution is -2.47. The van der Waals surface area contributed by atoms with Crippen LogP contribution < -0.4 is 5.32 Å². The van der Waals surface area contributed by atoms with Gasteiger partial charge < -0.3 is 5.32 Å². The SMILES string of the molecule is CC1CCCC2(CSC(=NC3CCN4CCCC34)N2)C1. The molecule has 0 bridgehead atoms. The third kappa shape index (κ3) is 2.39. The van der Waals surface area contributed by atoms with Crippen molar-refractivity contribution in [1.82, 2.24) is 10.2 Å². The number of nitrogens with one attached hydrogen (secondary N) is 1. The summed E-state index contributed by atoms with van der Waals surface area (Å²) in [5.41, 5.74) is 0.384. The summed E-state index contributed by atoms with van der Waals surface area (Å²) in [7, 11) is 0. The van der Waals surface area contributed by atoms with Crippen LogP contribution in [0.5, 0.6) is 0 Å². The van der Waals surface area contributed by atoms with E-state index in [2.05, 4.69) is 17.1 Å². The monoisotopic (exact) mass is 293 g/mol. The standard InChI is InChI=1S/C16H27N3S/c1-12-4-2-7-16(10-12)11-20-15(18-16)17-13-6-9-19-8-3-5-14(13)19/h12-14H,2-11H2,1H3,(H,17,18). The van der Waals surface area contributed by atoms with Crippen molar-refractivity contribution in [3.8, 4) is 0 Å². The van der Waals surface area contributed by atoms with Crippen LogP contribution in [0.4, 0.5) is 0 Å². The number of thioether (sulfide) groups is 1. The minimum atomic E-state index is 0.384. The molecule has 1 spiro atoms. The van der Waals surface area contributed by atoms with Crippen LogP contribution in [0.15, 0.2) is 4.99 Å². The maximum Gasteiger partial charge on any atom is 0.157 e. The molecule has 0 aromatic rings. The van der Waals surface area contributed by atoms with E-state index in [9.17, 15) is 0 Å². The highest BCUT2D eigenvalue weighted by Crippen LogP contribution is 2.39. The lowest BCUT2D eigenvalue weighted by atomic mass is 9.78. The first-order valence-corrected chi connectivity index (χ1v) is 9.46. The fraction of sp³-hybridized carbons (Fsp3) is 0.938. The topological polar surface area (TPSA) is 27.6 Å². The normalized spacial score (nSPS) is 47.0. The van der Waals surface area contributed by atoms with E-state index in [0.717, 1.165) is 12.0 Å². The van der Waals surface area contributed by atoms with Gasteiger partial charge in [-0.25, -0.2) is 0 Å². The Morgan fingerprint density at radius 1 is 1.25 bits per heavy atom. The summed E-state index contributed by atoms with van der Waals surface area (Å²) in [6.07, 6.45) is 9.53. The van der Waals surface area contributed by atoms with Gasteiger partial charge in [-0.15, -0.1) is 0 Å². The highest BCUT2D eigenvalue weighted by Gasteiger charge is 2.42. The fourth-order valence-corrected chi connectivity index (χ4v) is 6.08. The van der Waals surface area contributed by atoms with Crippen LogP contribution >= 0.6 is 11.8 Å². The van der Waals surface area contributed by atoms with Gasteiger partial charge in [-0.1, -0.05) is 31.5 Å². The summed E-state index contributed by atoms with van der Waals surface area (Å²) in [4.78, 5) is 7.78. The quantitative estimate of drug-likeness (QED) is 0.805. The summed E-state index contributed by atoms with van der Waals surface area (Å²) in [5.74, 6) is 2.13. The van der Waals surface area contributed by atoms with Gasteiger partial charge >= 0.3 is 0 Å². The molecule has 4 atom stereocenters. The van der Waals surface area contributed by atoms with E-state index in [1.807, 2.05) is 11.8 Å². The average Bonchev–Trinajstić information content (AvgIpc) is 3.08. The highest BCUT2D eigenvalue weighted by atomic mass is 32.2. The molecule has 4 fully saturated rings. The Bertz CT molecular complexity index is 411. The van der Waals surface area contributed by atoms with E-state index in [-0.39, 0.29) is 0 Å². The molecule has 0 amide bonds. The molecule has 3 nitrogen and oxygen atoms in total. The minimum Gasteiger partial charge on any atom is -0.359 e. The van der Waals surface area contributed by atoms with Crippen molar-refractivity contribution in [1.29, 1.82) is 0 Å². The molecule has 3 heterocycles. The number of rotatable bonds is 1. The van der Waals surface area contributed by atoms with Crippen molar-refractivity contribution in [3.63, 3.8) is 0 Å². The van der Waals surface area contributed by atoms with Gasteiger partial charge in [0.2, 0.25) is 0 Å². The van der Waals surface area contributed by atoms with Crippen LogP contribution in [0.25, 0.3) is 0 Å². The number of nitrogens with zero attached hydrogens (tertiary/aromatic N) is 2. The number of fused-ring (bicyclic) bond motifs is 1. The number of aliphatic imine (C=N–C) groups is 1. The second kappa shape index (κ2) is 5.20. The van der Waals surface area contributed by atoms with Gasteiger partial charge in [-0.05, 0) is 44.6 Å². The summed E-state index contributed by atoms with van der Waals surface area (Å²) in [6.45, 7) is 5.00. The smallest absolute Gasteiger partial charge is 0.157 e. The molecular weight excluding hydrogens is 266 g/mol. The molecule has 4 heteroatoms. The first kappa shape index (κ1) is 13.4. The summed E-state index contributed by atoms with van der Waals surface area (Å²) < 4.78 is 0. The Kier molecular flexibility index (Phi) is 3.50. The molecule has 3 saturated heterocycles. The van der Waals surface area contributed by atoms with Gasteiger partial charge in [-0.3, -0.25) is 9.89 Å². The van der Waals surface area contributed by atoms with E-state index in [1.54, 1.807) is 0 Å². The van der Waals surface area contributed by atoms with Crippen LogP contribution in [0.3, 0.4) is 0 Å². The minimum absolute atomic E-state index is 0.384. The van der Waals surface area contributed by atoms with E-state index < -0.39 is 0 Å². The van der Waals surface area contributed by atoms with Gasteiger partial charge in [0, 0.05) is 23.9 Å². The van der Waals surface area contributed by atoms with E-state index in [1.165, 1.54) is 69.0 Å². The van der Waals surface area contributed by atoms with Crippen LogP contribution in [-0.2, 0) is 0 Å². The number of amidine groups is 1. The molecule has 1 N–H and O–H groups in total. The van der Waals surface area contributed by atoms with Crippen molar-refractivity contribution < 1.29 is 0 Å². The highest BCUT2D eigenvalue weighted by molar-refractivity contribution is 8.14. The van der Waals surface area contributed by atoms with E-state index >= 15 is 0 Å². The first-order valence-electron chi connectivity index (χ1n) is 8.47. The average molecular weight is 293 g/mol. The zero-order chi connectivity index (χ0) is 13.6. The van der Waals surface area contributed by atoms with Crippen LogP contribution in [0, 0.1) is 5.92 Å². The molecule has 20 heavy (non-hydrogen) atoms. The first-order chi connectivity index (χ1) is 9.74. The Morgan fingerprint density at radius 3 is 3.10 bits per heavy atom. The van der Waals surface area contributed by atoms with Gasteiger partial charge in [-0.2, -0.15) is 0 Å². The van der Waals surface area contributed by atoms with Gasteiger partial charge in [0.05, 0.1) is 6.04 Å². The molecule has 0 radical (unpaired) electrons. The molecule has 1 aliphatic carbocycles. The fourth-order valence-electron chi connectivity index (χ4n) is 4.84. The Labute approximate surface area is 127 Å². The van der Waals surface area contributed by atoms with Crippen molar-refractivity contribution in [2.24, 2.45) is 10.9 Å². The summed E-state index contributed by atoms with van der Waals surface area (Å²) in [5, 5.41) is 5.10. The largest absolute Gasteiger partial charge is 0.359 e. The second-order valence-electron chi connectivity index (χ2n) is 7.43. The zero-order valence-electron chi connectivity index (χ0n) is 12.6. The zero-order valence-corrected chi connectivity index (χ0v) is 13.4. The van der Waals surface area contributed by atoms with Gasteiger partial charge in [0.15, 0.2) is 5.17 Å². The maximum absolute atomic E-state index is 5.12. The maximum atomic E-state index is 5.12. The van der Waals surface area contributed by atoms with Crippen LogP contribution in [-0.4, -0.2) is 46.5 Å². The Morgan fingerprint density at radius 2 is 2.20 bits per heavy atom. The van der Waals surface area contributed by atoms with Gasteiger partial charge in [0.25, 0.3) is 0 Å². The molecule has 4 unspecified atom stereocenters. The third-order valence-electron chi connectivity index (χ3n) is 5.80. The second-order valence-corrected chi connectivity index (χ2v) is 8.40. The molecule has 3 aliphatic heterocycles. The third-order valence-corrected chi connectivity index (χ3v) is 6.98. The predicted molar refractivity (Wildman–Crippen MR) is 86.4 cm³/mol. The lowest BCUT2D eigenvalue weighted by Gasteiger charge is -2.36.